The zero-order valence-electron chi connectivity index (χ0n) is 17.3. The van der Waals surface area contributed by atoms with Gasteiger partial charge in [-0.25, -0.2) is 4.79 Å². The Morgan fingerprint density at radius 3 is 2.23 bits per heavy atom. The van der Waals surface area contributed by atoms with Crippen molar-refractivity contribution >= 4 is 12.0 Å². The molecule has 1 rings (SSSR count). The highest BCUT2D eigenvalue weighted by Gasteiger charge is 2.29. The van der Waals surface area contributed by atoms with Crippen LogP contribution in [0.5, 0.6) is 0 Å². The fourth-order valence-corrected chi connectivity index (χ4v) is 2.78. The van der Waals surface area contributed by atoms with E-state index < -0.39 is 17.2 Å². The third kappa shape index (κ3) is 7.06. The molecule has 0 fully saturated rings. The summed E-state index contributed by atoms with van der Waals surface area (Å²) in [5.74, 6) is -0.0339. The fourth-order valence-electron chi connectivity index (χ4n) is 2.78. The maximum absolute atomic E-state index is 12.6. The quantitative estimate of drug-likeness (QED) is 0.769. The summed E-state index contributed by atoms with van der Waals surface area (Å²) in [5.41, 5.74) is 2.25. The Balaban J connectivity index is 2.74. The van der Waals surface area contributed by atoms with Crippen molar-refractivity contribution in [3.05, 3.63) is 34.9 Å². The number of rotatable bonds is 7. The minimum absolute atomic E-state index is 0.0339. The van der Waals surface area contributed by atoms with Gasteiger partial charge in [0.25, 0.3) is 0 Å². The minimum atomic E-state index is -0.545. The van der Waals surface area contributed by atoms with E-state index in [2.05, 4.69) is 10.6 Å². The first kappa shape index (κ1) is 22.0. The molecular weight excluding hydrogens is 328 g/mol. The molecule has 1 aromatic carbocycles. The van der Waals surface area contributed by atoms with Gasteiger partial charge in [-0.2, -0.15) is 0 Å². The molecule has 146 valence electrons. The van der Waals surface area contributed by atoms with Crippen LogP contribution in [0.25, 0.3) is 0 Å². The van der Waals surface area contributed by atoms with Gasteiger partial charge in [0.05, 0.1) is 12.0 Å². The number of amides is 2. The molecule has 26 heavy (non-hydrogen) atoms. The van der Waals surface area contributed by atoms with Crippen molar-refractivity contribution in [1.29, 1.82) is 0 Å². The topological polar surface area (TPSA) is 67.4 Å². The van der Waals surface area contributed by atoms with Gasteiger partial charge in [0, 0.05) is 6.54 Å². The van der Waals surface area contributed by atoms with Gasteiger partial charge in [0.15, 0.2) is 0 Å². The third-order valence-corrected chi connectivity index (χ3v) is 4.58. The van der Waals surface area contributed by atoms with Gasteiger partial charge in [-0.1, -0.05) is 37.6 Å². The number of aryl methyl sites for hydroxylation is 2. The van der Waals surface area contributed by atoms with Crippen LogP contribution in [-0.4, -0.2) is 29.7 Å². The maximum atomic E-state index is 12.6. The van der Waals surface area contributed by atoms with E-state index in [1.807, 2.05) is 66.7 Å². The predicted octanol–water partition coefficient (Wildman–Crippen LogP) is 4.05. The second-order valence-electron chi connectivity index (χ2n) is 8.00. The molecule has 0 spiro atoms. The summed E-state index contributed by atoms with van der Waals surface area (Å²) in [7, 11) is 0. The van der Waals surface area contributed by atoms with Crippen LogP contribution >= 0.6 is 0 Å². The van der Waals surface area contributed by atoms with Gasteiger partial charge >= 0.3 is 6.09 Å². The monoisotopic (exact) mass is 362 g/mol. The fraction of sp³-hybridized carbons (Fsp3) is 0.619. The summed E-state index contributed by atoms with van der Waals surface area (Å²) in [6.07, 6.45) is 1.31. The molecule has 2 amide bonds. The van der Waals surface area contributed by atoms with Crippen molar-refractivity contribution < 1.29 is 14.3 Å². The zero-order valence-corrected chi connectivity index (χ0v) is 17.3. The van der Waals surface area contributed by atoms with E-state index >= 15 is 0 Å². The first-order chi connectivity index (χ1) is 12.0. The lowest BCUT2D eigenvalue weighted by atomic mass is 9.92. The van der Waals surface area contributed by atoms with E-state index in [0.29, 0.717) is 13.0 Å². The van der Waals surface area contributed by atoms with Crippen molar-refractivity contribution in [2.75, 3.05) is 6.54 Å². The van der Waals surface area contributed by atoms with Crippen LogP contribution in [0.2, 0.25) is 0 Å². The average Bonchev–Trinajstić information content (AvgIpc) is 2.53. The van der Waals surface area contributed by atoms with Crippen LogP contribution in [0.1, 0.15) is 64.2 Å². The number of hydrogen-bond donors (Lipinski definition) is 2. The molecule has 0 saturated carbocycles. The van der Waals surface area contributed by atoms with Gasteiger partial charge < -0.3 is 15.4 Å². The summed E-state index contributed by atoms with van der Waals surface area (Å²) in [6, 6.07) is 6.13. The lowest BCUT2D eigenvalue weighted by molar-refractivity contribution is -0.122. The van der Waals surface area contributed by atoms with E-state index in [1.165, 1.54) is 0 Å². The Bertz CT molecular complexity index is 629. The number of ether oxygens (including phenoxy) is 1. The molecule has 0 aliphatic heterocycles. The molecule has 0 aliphatic carbocycles. The molecule has 1 aromatic rings. The van der Waals surface area contributed by atoms with Gasteiger partial charge in [-0.05, 0) is 58.6 Å². The Kier molecular flexibility index (Phi) is 7.67. The Labute approximate surface area is 157 Å². The number of benzene rings is 1. The van der Waals surface area contributed by atoms with Crippen LogP contribution in [0.4, 0.5) is 4.79 Å². The highest BCUT2D eigenvalue weighted by molar-refractivity contribution is 5.80. The molecule has 0 heterocycles. The van der Waals surface area contributed by atoms with Crippen molar-refractivity contribution in [2.24, 2.45) is 0 Å². The molecule has 0 unspecified atom stereocenters. The number of alkyl carbamates (subject to hydrolysis) is 1. The van der Waals surface area contributed by atoms with Crippen LogP contribution in [-0.2, 0) is 16.0 Å². The predicted molar refractivity (Wildman–Crippen MR) is 105 cm³/mol. The first-order valence-corrected chi connectivity index (χ1v) is 9.34. The lowest BCUT2D eigenvalue weighted by Gasteiger charge is -2.33. The SMILES string of the molecule is CCC(CC)(CNC(=O)OC(C)(C)C)NC(=O)Cc1cc(C)ccc1C. The lowest BCUT2D eigenvalue weighted by Crippen LogP contribution is -2.55. The smallest absolute Gasteiger partial charge is 0.407 e. The largest absolute Gasteiger partial charge is 0.444 e. The molecule has 5 heteroatoms. The van der Waals surface area contributed by atoms with Gasteiger partial charge in [-0.15, -0.1) is 0 Å². The summed E-state index contributed by atoms with van der Waals surface area (Å²) >= 11 is 0. The molecule has 2 N–H and O–H groups in total. The first-order valence-electron chi connectivity index (χ1n) is 9.34. The highest BCUT2D eigenvalue weighted by Crippen LogP contribution is 2.17. The summed E-state index contributed by atoms with van der Waals surface area (Å²) in [4.78, 5) is 24.6. The van der Waals surface area contributed by atoms with Crippen LogP contribution < -0.4 is 10.6 Å². The zero-order chi connectivity index (χ0) is 20.0. The standard InChI is InChI=1S/C21H34N2O3/c1-8-21(9-2,14-22-19(25)26-20(5,6)7)23-18(24)13-17-12-15(3)10-11-16(17)4/h10-12H,8-9,13-14H2,1-7H3,(H,22,25)(H,23,24). The number of hydrogen-bond acceptors (Lipinski definition) is 3. The molecule has 0 saturated heterocycles. The number of carbonyl (C=O) groups is 2. The van der Waals surface area contributed by atoms with E-state index in [1.54, 1.807) is 0 Å². The normalized spacial score (nSPS) is 11.8. The summed E-state index contributed by atoms with van der Waals surface area (Å²) < 4.78 is 5.29. The van der Waals surface area contributed by atoms with Crippen LogP contribution in [0, 0.1) is 13.8 Å². The van der Waals surface area contributed by atoms with Gasteiger partial charge in [0.1, 0.15) is 5.60 Å². The Morgan fingerprint density at radius 2 is 1.69 bits per heavy atom. The molecule has 0 aromatic heterocycles. The third-order valence-electron chi connectivity index (χ3n) is 4.58. The highest BCUT2D eigenvalue weighted by atomic mass is 16.6. The van der Waals surface area contributed by atoms with E-state index in [4.69, 9.17) is 4.74 Å². The average molecular weight is 363 g/mol. The van der Waals surface area contributed by atoms with Crippen molar-refractivity contribution in [2.45, 2.75) is 78.9 Å². The molecule has 0 radical (unpaired) electrons. The number of nitrogens with one attached hydrogen (secondary N) is 2. The molecular formula is C21H34N2O3. The molecule has 0 atom stereocenters. The minimum Gasteiger partial charge on any atom is -0.444 e. The molecule has 0 aliphatic rings. The Morgan fingerprint density at radius 1 is 1.08 bits per heavy atom. The van der Waals surface area contributed by atoms with Crippen molar-refractivity contribution in [3.8, 4) is 0 Å². The van der Waals surface area contributed by atoms with E-state index in [-0.39, 0.29) is 5.91 Å². The Hall–Kier alpha value is -2.04. The van der Waals surface area contributed by atoms with Crippen LogP contribution in [0.3, 0.4) is 0 Å². The second-order valence-corrected chi connectivity index (χ2v) is 8.00. The second kappa shape index (κ2) is 9.06. The van der Waals surface area contributed by atoms with Crippen molar-refractivity contribution in [3.63, 3.8) is 0 Å². The van der Waals surface area contributed by atoms with Crippen molar-refractivity contribution in [1.82, 2.24) is 10.6 Å². The summed E-state index contributed by atoms with van der Waals surface area (Å²) in [5, 5.41) is 5.93. The number of carbonyl (C=O) groups excluding carboxylic acids is 2. The molecule has 0 bridgehead atoms. The van der Waals surface area contributed by atoms with Gasteiger partial charge in [-0.3, -0.25) is 4.79 Å². The van der Waals surface area contributed by atoms with E-state index in [9.17, 15) is 9.59 Å². The van der Waals surface area contributed by atoms with Gasteiger partial charge in [0.2, 0.25) is 5.91 Å². The summed E-state index contributed by atoms with van der Waals surface area (Å²) in [6.45, 7) is 13.9. The molecule has 5 nitrogen and oxygen atoms in total. The van der Waals surface area contributed by atoms with E-state index in [0.717, 1.165) is 29.5 Å². The maximum Gasteiger partial charge on any atom is 0.407 e. The van der Waals surface area contributed by atoms with Crippen LogP contribution in [0.15, 0.2) is 18.2 Å².